The second kappa shape index (κ2) is 9.62. The summed E-state index contributed by atoms with van der Waals surface area (Å²) in [7, 11) is 2.16. The molecule has 0 radical (unpaired) electrons. The van der Waals surface area contributed by atoms with Gasteiger partial charge in [0.15, 0.2) is 11.5 Å². The van der Waals surface area contributed by atoms with E-state index in [0.29, 0.717) is 23.6 Å². The molecule has 10 nitrogen and oxygen atoms in total. The molecule has 1 saturated heterocycles. The number of carbonyl (C=O) groups is 1. The van der Waals surface area contributed by atoms with Crippen LogP contribution in [0.2, 0.25) is 0 Å². The standard InChI is InChI=1S/C27H29N9O/c1-3-5-23(37)29-18-14-17(15-28-16-18)19-8-9-21-25(30-19)26(34-33-21)27-31-20-6-4-7-22(24(20)32-27)36-12-10-35(2)11-13-36/h4,6-9,14-16H,3,5,10-13H2,1-2H3,(H,29,37)(H,31,32)(H,33,34). The van der Waals surface area contributed by atoms with Gasteiger partial charge in [-0.05, 0) is 43.8 Å². The van der Waals surface area contributed by atoms with Crippen molar-refractivity contribution in [1.29, 1.82) is 0 Å². The number of H-pyrrole nitrogens is 2. The molecular weight excluding hydrogens is 466 g/mol. The zero-order chi connectivity index (χ0) is 25.4. The Morgan fingerprint density at radius 3 is 2.73 bits per heavy atom. The van der Waals surface area contributed by atoms with Crippen LogP contribution in [0.1, 0.15) is 19.8 Å². The smallest absolute Gasteiger partial charge is 0.224 e. The molecule has 4 aromatic heterocycles. The molecule has 10 heteroatoms. The molecule has 37 heavy (non-hydrogen) atoms. The van der Waals surface area contributed by atoms with Gasteiger partial charge in [0.1, 0.15) is 11.0 Å². The van der Waals surface area contributed by atoms with Gasteiger partial charge in [0.2, 0.25) is 5.91 Å². The Morgan fingerprint density at radius 1 is 1.03 bits per heavy atom. The summed E-state index contributed by atoms with van der Waals surface area (Å²) in [5.74, 6) is 0.647. The number of benzene rings is 1. The summed E-state index contributed by atoms with van der Waals surface area (Å²) < 4.78 is 0. The van der Waals surface area contributed by atoms with E-state index in [4.69, 9.17) is 9.97 Å². The lowest BCUT2D eigenvalue weighted by atomic mass is 10.1. The average Bonchev–Trinajstić information content (AvgIpc) is 3.53. The molecule has 5 heterocycles. The molecule has 5 aromatic rings. The molecule has 188 valence electrons. The van der Waals surface area contributed by atoms with Gasteiger partial charge in [0.05, 0.1) is 34.3 Å². The first-order valence-corrected chi connectivity index (χ1v) is 12.6. The second-order valence-corrected chi connectivity index (χ2v) is 9.47. The summed E-state index contributed by atoms with van der Waals surface area (Å²) in [6.07, 6.45) is 4.65. The van der Waals surface area contributed by atoms with Gasteiger partial charge in [0.25, 0.3) is 0 Å². The van der Waals surface area contributed by atoms with Crippen LogP contribution in [-0.2, 0) is 4.79 Å². The number of hydrogen-bond donors (Lipinski definition) is 3. The molecule has 1 fully saturated rings. The molecule has 1 aromatic carbocycles. The highest BCUT2D eigenvalue weighted by Gasteiger charge is 2.20. The number of nitrogens with one attached hydrogen (secondary N) is 3. The Kier molecular flexibility index (Phi) is 6.01. The number of aromatic amines is 2. The number of aromatic nitrogens is 6. The molecule has 1 aliphatic rings. The maximum absolute atomic E-state index is 12.0. The van der Waals surface area contributed by atoms with Crippen molar-refractivity contribution in [2.75, 3.05) is 43.4 Å². The van der Waals surface area contributed by atoms with E-state index in [1.807, 2.05) is 31.2 Å². The quantitative estimate of drug-likeness (QED) is 0.325. The third kappa shape index (κ3) is 4.51. The molecule has 0 spiro atoms. The maximum atomic E-state index is 12.0. The van der Waals surface area contributed by atoms with Gasteiger partial charge in [-0.1, -0.05) is 13.0 Å². The zero-order valence-corrected chi connectivity index (χ0v) is 21.0. The summed E-state index contributed by atoms with van der Waals surface area (Å²) in [6, 6.07) is 12.0. The van der Waals surface area contributed by atoms with Crippen LogP contribution < -0.4 is 10.2 Å². The van der Waals surface area contributed by atoms with E-state index in [-0.39, 0.29) is 5.91 Å². The van der Waals surface area contributed by atoms with E-state index in [9.17, 15) is 4.79 Å². The highest BCUT2D eigenvalue weighted by molar-refractivity contribution is 5.95. The van der Waals surface area contributed by atoms with E-state index in [1.165, 1.54) is 0 Å². The number of hydrogen-bond acceptors (Lipinski definition) is 7. The summed E-state index contributed by atoms with van der Waals surface area (Å²) in [5, 5.41) is 10.5. The number of amides is 1. The van der Waals surface area contributed by atoms with Crippen molar-refractivity contribution in [2.24, 2.45) is 0 Å². The highest BCUT2D eigenvalue weighted by atomic mass is 16.1. The van der Waals surface area contributed by atoms with Gasteiger partial charge >= 0.3 is 0 Å². The fraction of sp³-hybridized carbons (Fsp3) is 0.296. The maximum Gasteiger partial charge on any atom is 0.224 e. The van der Waals surface area contributed by atoms with E-state index in [2.05, 4.69) is 54.5 Å². The minimum Gasteiger partial charge on any atom is -0.367 e. The van der Waals surface area contributed by atoms with Gasteiger partial charge in [-0.3, -0.25) is 14.9 Å². The predicted molar refractivity (Wildman–Crippen MR) is 145 cm³/mol. The molecule has 3 N–H and O–H groups in total. The summed E-state index contributed by atoms with van der Waals surface area (Å²) >= 11 is 0. The number of rotatable bonds is 6. The Labute approximate surface area is 214 Å². The largest absolute Gasteiger partial charge is 0.367 e. The Balaban J connectivity index is 1.35. The fourth-order valence-corrected chi connectivity index (χ4v) is 4.76. The Morgan fingerprint density at radius 2 is 1.89 bits per heavy atom. The van der Waals surface area contributed by atoms with Crippen LogP contribution in [0.25, 0.3) is 44.8 Å². The van der Waals surface area contributed by atoms with Gasteiger partial charge in [-0.25, -0.2) is 9.97 Å². The molecular formula is C27H29N9O. The van der Waals surface area contributed by atoms with Crippen LogP contribution in [0.15, 0.2) is 48.8 Å². The van der Waals surface area contributed by atoms with Crippen molar-refractivity contribution < 1.29 is 4.79 Å². The monoisotopic (exact) mass is 495 g/mol. The van der Waals surface area contributed by atoms with Crippen LogP contribution in [-0.4, -0.2) is 74.2 Å². The van der Waals surface area contributed by atoms with Gasteiger partial charge < -0.3 is 20.1 Å². The molecule has 0 bridgehead atoms. The molecule has 0 saturated carbocycles. The second-order valence-electron chi connectivity index (χ2n) is 9.47. The van der Waals surface area contributed by atoms with Gasteiger partial charge in [0, 0.05) is 44.4 Å². The van der Waals surface area contributed by atoms with Crippen LogP contribution in [0, 0.1) is 0 Å². The third-order valence-corrected chi connectivity index (χ3v) is 6.76. The van der Waals surface area contributed by atoms with E-state index in [1.54, 1.807) is 12.4 Å². The SMILES string of the molecule is CCCC(=O)Nc1cncc(-c2ccc3[nH]nc(-c4nc5c(N6CCN(C)CC6)cccc5[nH]4)c3n2)c1. The lowest BCUT2D eigenvalue weighted by molar-refractivity contribution is -0.116. The number of fused-ring (bicyclic) bond motifs is 2. The number of likely N-dealkylation sites (N-methyl/N-ethyl adjacent to an activating group) is 1. The van der Waals surface area contributed by atoms with Crippen molar-refractivity contribution in [3.05, 3.63) is 48.8 Å². The minimum atomic E-state index is -0.0252. The molecule has 1 amide bonds. The van der Waals surface area contributed by atoms with Crippen LogP contribution >= 0.6 is 0 Å². The molecule has 0 atom stereocenters. The lowest BCUT2D eigenvalue weighted by Crippen LogP contribution is -2.44. The van der Waals surface area contributed by atoms with Crippen LogP contribution in [0.3, 0.4) is 0 Å². The summed E-state index contributed by atoms with van der Waals surface area (Å²) in [4.78, 5) is 34.4. The molecule has 1 aliphatic heterocycles. The molecule has 0 unspecified atom stereocenters. The van der Waals surface area contributed by atoms with E-state index >= 15 is 0 Å². The highest BCUT2D eigenvalue weighted by Crippen LogP contribution is 2.31. The number of carbonyl (C=O) groups excluding carboxylic acids is 1. The average molecular weight is 496 g/mol. The number of anilines is 2. The van der Waals surface area contributed by atoms with Crippen molar-refractivity contribution in [1.82, 2.24) is 35.0 Å². The van der Waals surface area contributed by atoms with Gasteiger partial charge in [-0.15, -0.1) is 0 Å². The summed E-state index contributed by atoms with van der Waals surface area (Å²) in [6.45, 7) is 5.98. The Bertz CT molecular complexity index is 1580. The van der Waals surface area contributed by atoms with Crippen molar-refractivity contribution in [2.45, 2.75) is 19.8 Å². The fourth-order valence-electron chi connectivity index (χ4n) is 4.76. The third-order valence-electron chi connectivity index (χ3n) is 6.76. The van der Waals surface area contributed by atoms with Crippen molar-refractivity contribution in [3.8, 4) is 22.8 Å². The van der Waals surface area contributed by atoms with E-state index < -0.39 is 0 Å². The first kappa shape index (κ1) is 23.1. The number of pyridine rings is 2. The zero-order valence-electron chi connectivity index (χ0n) is 21.0. The van der Waals surface area contributed by atoms with Crippen molar-refractivity contribution >= 4 is 39.3 Å². The predicted octanol–water partition coefficient (Wildman–Crippen LogP) is 4.05. The normalized spacial score (nSPS) is 14.5. The topological polar surface area (TPSA) is 119 Å². The van der Waals surface area contributed by atoms with E-state index in [0.717, 1.165) is 71.6 Å². The van der Waals surface area contributed by atoms with Gasteiger partial charge in [-0.2, -0.15) is 5.10 Å². The van der Waals surface area contributed by atoms with Crippen LogP contribution in [0.4, 0.5) is 11.4 Å². The number of nitrogens with zero attached hydrogens (tertiary/aromatic N) is 6. The number of imidazole rings is 1. The first-order valence-electron chi connectivity index (χ1n) is 12.6. The summed E-state index contributed by atoms with van der Waals surface area (Å²) in [5.41, 5.74) is 7.45. The molecule has 0 aliphatic carbocycles. The lowest BCUT2D eigenvalue weighted by Gasteiger charge is -2.34. The molecule has 6 rings (SSSR count). The Hall–Kier alpha value is -4.31. The van der Waals surface area contributed by atoms with Crippen LogP contribution in [0.5, 0.6) is 0 Å². The van der Waals surface area contributed by atoms with Crippen molar-refractivity contribution in [3.63, 3.8) is 0 Å². The minimum absolute atomic E-state index is 0.0252. The number of piperazine rings is 1. The number of para-hydroxylation sites is 1. The first-order chi connectivity index (χ1) is 18.1.